The van der Waals surface area contributed by atoms with Gasteiger partial charge in [-0.05, 0) is 33.8 Å². The summed E-state index contributed by atoms with van der Waals surface area (Å²) in [7, 11) is 0. The highest BCUT2D eigenvalue weighted by Crippen LogP contribution is 2.17. The quantitative estimate of drug-likeness (QED) is 0.921. The third-order valence-corrected chi connectivity index (χ3v) is 2.88. The number of amides is 1. The number of aryl methyl sites for hydroxylation is 1. The first-order valence-electron chi connectivity index (χ1n) is 6.48. The standard InChI is InChI=1S/C13H19N5O2/c1-8(2)18-7-6-10(16-18)11(19)15-13(4,5)12-14-9(3)20-17-12/h6-8H,1-5H3,(H,15,19). The minimum Gasteiger partial charge on any atom is -0.340 e. The number of hydrogen-bond acceptors (Lipinski definition) is 5. The first-order valence-corrected chi connectivity index (χ1v) is 6.48. The largest absolute Gasteiger partial charge is 0.340 e. The molecule has 0 aliphatic carbocycles. The van der Waals surface area contributed by atoms with E-state index >= 15 is 0 Å². The maximum absolute atomic E-state index is 12.2. The van der Waals surface area contributed by atoms with Crippen LogP contribution in [0, 0.1) is 6.92 Å². The molecular formula is C13H19N5O2. The molecule has 108 valence electrons. The fourth-order valence-corrected chi connectivity index (χ4v) is 1.70. The van der Waals surface area contributed by atoms with E-state index in [1.54, 1.807) is 23.9 Å². The lowest BCUT2D eigenvalue weighted by Crippen LogP contribution is -2.42. The molecule has 7 heteroatoms. The average molecular weight is 277 g/mol. The molecule has 0 atom stereocenters. The zero-order valence-electron chi connectivity index (χ0n) is 12.3. The molecule has 2 rings (SSSR count). The normalized spacial score (nSPS) is 11.9. The van der Waals surface area contributed by atoms with Crippen LogP contribution in [-0.2, 0) is 5.54 Å². The van der Waals surface area contributed by atoms with Crippen molar-refractivity contribution in [3.63, 3.8) is 0 Å². The van der Waals surface area contributed by atoms with Crippen molar-refractivity contribution in [3.05, 3.63) is 29.7 Å². The molecule has 0 unspecified atom stereocenters. The van der Waals surface area contributed by atoms with Gasteiger partial charge in [-0.3, -0.25) is 9.48 Å². The van der Waals surface area contributed by atoms with Crippen LogP contribution in [0.15, 0.2) is 16.8 Å². The molecule has 20 heavy (non-hydrogen) atoms. The molecule has 1 N–H and O–H groups in total. The average Bonchev–Trinajstić information content (AvgIpc) is 2.96. The topological polar surface area (TPSA) is 85.8 Å². The van der Waals surface area contributed by atoms with Gasteiger partial charge in [-0.2, -0.15) is 10.1 Å². The molecule has 0 saturated heterocycles. The van der Waals surface area contributed by atoms with Gasteiger partial charge in [-0.15, -0.1) is 0 Å². The van der Waals surface area contributed by atoms with Gasteiger partial charge in [0.05, 0.1) is 5.54 Å². The molecule has 2 aromatic rings. The minimum absolute atomic E-state index is 0.212. The molecular weight excluding hydrogens is 258 g/mol. The van der Waals surface area contributed by atoms with Gasteiger partial charge >= 0.3 is 0 Å². The first kappa shape index (κ1) is 14.2. The van der Waals surface area contributed by atoms with E-state index in [-0.39, 0.29) is 11.9 Å². The fraction of sp³-hybridized carbons (Fsp3) is 0.538. The summed E-state index contributed by atoms with van der Waals surface area (Å²) in [4.78, 5) is 16.3. The summed E-state index contributed by atoms with van der Waals surface area (Å²) in [6.45, 7) is 9.34. The Kier molecular flexibility index (Phi) is 3.61. The molecule has 0 aromatic carbocycles. The van der Waals surface area contributed by atoms with Crippen molar-refractivity contribution < 1.29 is 9.32 Å². The highest BCUT2D eigenvalue weighted by molar-refractivity contribution is 5.92. The summed E-state index contributed by atoms with van der Waals surface area (Å²) in [5.74, 6) is 0.634. The number of rotatable bonds is 4. The van der Waals surface area contributed by atoms with Crippen molar-refractivity contribution >= 4 is 5.91 Å². The highest BCUT2D eigenvalue weighted by Gasteiger charge is 2.29. The van der Waals surface area contributed by atoms with E-state index in [0.29, 0.717) is 17.4 Å². The van der Waals surface area contributed by atoms with Crippen LogP contribution in [0.5, 0.6) is 0 Å². The van der Waals surface area contributed by atoms with Crippen molar-refractivity contribution in [3.8, 4) is 0 Å². The number of nitrogens with one attached hydrogen (secondary N) is 1. The van der Waals surface area contributed by atoms with Crippen LogP contribution in [0.2, 0.25) is 0 Å². The Hall–Kier alpha value is -2.18. The Morgan fingerprint density at radius 3 is 2.65 bits per heavy atom. The molecule has 0 bridgehead atoms. The smallest absolute Gasteiger partial charge is 0.272 e. The predicted octanol–water partition coefficient (Wildman–Crippen LogP) is 1.82. The van der Waals surface area contributed by atoms with Gasteiger partial charge in [-0.1, -0.05) is 5.16 Å². The van der Waals surface area contributed by atoms with Crippen LogP contribution in [0.4, 0.5) is 0 Å². The predicted molar refractivity (Wildman–Crippen MR) is 72.1 cm³/mol. The summed E-state index contributed by atoms with van der Waals surface area (Å²) in [6.07, 6.45) is 1.78. The second-order valence-electron chi connectivity index (χ2n) is 5.49. The lowest BCUT2D eigenvalue weighted by atomic mass is 10.0. The van der Waals surface area contributed by atoms with E-state index in [9.17, 15) is 4.79 Å². The number of hydrogen-bond donors (Lipinski definition) is 1. The fourth-order valence-electron chi connectivity index (χ4n) is 1.70. The number of nitrogens with zero attached hydrogens (tertiary/aromatic N) is 4. The maximum atomic E-state index is 12.2. The van der Waals surface area contributed by atoms with Gasteiger partial charge in [-0.25, -0.2) is 0 Å². The van der Waals surface area contributed by atoms with Gasteiger partial charge in [0.25, 0.3) is 5.91 Å². The lowest BCUT2D eigenvalue weighted by molar-refractivity contribution is 0.0901. The molecule has 1 amide bonds. The van der Waals surface area contributed by atoms with E-state index in [4.69, 9.17) is 4.52 Å². The van der Waals surface area contributed by atoms with Crippen LogP contribution in [0.25, 0.3) is 0 Å². The number of carbonyl (C=O) groups is 1. The summed E-state index contributed by atoms with van der Waals surface area (Å²) < 4.78 is 6.68. The molecule has 7 nitrogen and oxygen atoms in total. The SMILES string of the molecule is Cc1nc(C(C)(C)NC(=O)c2ccn(C(C)C)n2)no1. The number of aromatic nitrogens is 4. The van der Waals surface area contributed by atoms with Crippen LogP contribution in [-0.4, -0.2) is 25.8 Å². The number of carbonyl (C=O) groups excluding carboxylic acids is 1. The molecule has 2 aromatic heterocycles. The minimum atomic E-state index is -0.726. The summed E-state index contributed by atoms with van der Waals surface area (Å²) >= 11 is 0. The molecule has 0 fully saturated rings. The zero-order chi connectivity index (χ0) is 14.9. The van der Waals surface area contributed by atoms with Crippen LogP contribution in [0.3, 0.4) is 0 Å². The van der Waals surface area contributed by atoms with E-state index in [1.807, 2.05) is 27.7 Å². The Morgan fingerprint density at radius 2 is 2.15 bits per heavy atom. The van der Waals surface area contributed by atoms with Gasteiger partial charge in [0.15, 0.2) is 5.82 Å². The van der Waals surface area contributed by atoms with Crippen molar-refractivity contribution in [1.29, 1.82) is 0 Å². The maximum Gasteiger partial charge on any atom is 0.272 e. The Bertz CT molecular complexity index is 612. The van der Waals surface area contributed by atoms with E-state index in [1.165, 1.54) is 0 Å². The summed E-state index contributed by atoms with van der Waals surface area (Å²) in [6, 6.07) is 1.90. The second-order valence-corrected chi connectivity index (χ2v) is 5.49. The highest BCUT2D eigenvalue weighted by atomic mass is 16.5. The molecule has 0 aliphatic heterocycles. The Morgan fingerprint density at radius 1 is 1.45 bits per heavy atom. The monoisotopic (exact) mass is 277 g/mol. The first-order chi connectivity index (χ1) is 9.29. The van der Waals surface area contributed by atoms with Crippen molar-refractivity contribution in [1.82, 2.24) is 25.2 Å². The van der Waals surface area contributed by atoms with Crippen molar-refractivity contribution in [2.45, 2.75) is 46.2 Å². The Labute approximate surface area is 117 Å². The van der Waals surface area contributed by atoms with Gasteiger partial charge in [0.1, 0.15) is 5.69 Å². The van der Waals surface area contributed by atoms with Crippen LogP contribution in [0.1, 0.15) is 55.9 Å². The van der Waals surface area contributed by atoms with E-state index < -0.39 is 5.54 Å². The second kappa shape index (κ2) is 5.07. The third kappa shape index (κ3) is 2.87. The Balaban J connectivity index is 2.13. The van der Waals surface area contributed by atoms with Crippen molar-refractivity contribution in [2.24, 2.45) is 0 Å². The third-order valence-electron chi connectivity index (χ3n) is 2.88. The summed E-state index contributed by atoms with van der Waals surface area (Å²) in [5, 5.41) is 10.9. The summed E-state index contributed by atoms with van der Waals surface area (Å²) in [5.41, 5.74) is -0.358. The van der Waals surface area contributed by atoms with Gasteiger partial charge in [0.2, 0.25) is 5.89 Å². The molecule has 0 spiro atoms. The van der Waals surface area contributed by atoms with E-state index in [0.717, 1.165) is 0 Å². The van der Waals surface area contributed by atoms with Gasteiger partial charge in [0, 0.05) is 19.2 Å². The molecule has 0 aliphatic rings. The molecule has 0 saturated carbocycles. The zero-order valence-corrected chi connectivity index (χ0v) is 12.3. The van der Waals surface area contributed by atoms with Crippen LogP contribution >= 0.6 is 0 Å². The molecule has 2 heterocycles. The lowest BCUT2D eigenvalue weighted by Gasteiger charge is -2.21. The van der Waals surface area contributed by atoms with Crippen molar-refractivity contribution in [2.75, 3.05) is 0 Å². The molecule has 0 radical (unpaired) electrons. The van der Waals surface area contributed by atoms with Gasteiger partial charge < -0.3 is 9.84 Å². The van der Waals surface area contributed by atoms with Crippen LogP contribution < -0.4 is 5.32 Å². The van der Waals surface area contributed by atoms with E-state index in [2.05, 4.69) is 20.6 Å².